The summed E-state index contributed by atoms with van der Waals surface area (Å²) in [5.41, 5.74) is 0.461. The normalized spacial score (nSPS) is 11.8. The van der Waals surface area contributed by atoms with Crippen LogP contribution in [0.5, 0.6) is 5.75 Å². The van der Waals surface area contributed by atoms with E-state index >= 15 is 0 Å². The van der Waals surface area contributed by atoms with E-state index in [0.29, 0.717) is 17.1 Å². The number of carbonyl (C=O) groups is 2. The van der Waals surface area contributed by atoms with E-state index in [2.05, 4.69) is 5.32 Å². The van der Waals surface area contributed by atoms with Crippen LogP contribution in [0.2, 0.25) is 0 Å². The number of hydrogen-bond acceptors (Lipinski definition) is 4. The lowest BCUT2D eigenvalue weighted by Crippen LogP contribution is -2.41. The number of carbonyl (C=O) groups excluding carboxylic acids is 1. The van der Waals surface area contributed by atoms with Crippen molar-refractivity contribution in [2.24, 2.45) is 0 Å². The molecular weight excluding hydrogens is 285 g/mol. The molecule has 0 bridgehead atoms. The first-order valence-electron chi connectivity index (χ1n) is 5.84. The first-order valence-corrected chi connectivity index (χ1v) is 6.99. The third kappa shape index (κ3) is 5.08. The molecule has 1 rings (SSSR count). The number of carboxylic acids is 1. The Labute approximate surface area is 120 Å². The second-order valence-corrected chi connectivity index (χ2v) is 5.09. The van der Waals surface area contributed by atoms with Gasteiger partial charge < -0.3 is 15.2 Å². The minimum atomic E-state index is -1.11. The summed E-state index contributed by atoms with van der Waals surface area (Å²) in [6.45, 7) is 1.25. The molecule has 0 saturated heterocycles. The number of halogens is 1. The minimum Gasteiger partial charge on any atom is -0.497 e. The number of nitrogens with one attached hydrogen (secondary N) is 1. The van der Waals surface area contributed by atoms with Gasteiger partial charge in [0.25, 0.3) is 0 Å². The zero-order valence-corrected chi connectivity index (χ0v) is 12.0. The maximum absolute atomic E-state index is 13.7. The topological polar surface area (TPSA) is 75.6 Å². The van der Waals surface area contributed by atoms with Crippen LogP contribution in [-0.4, -0.2) is 35.9 Å². The maximum atomic E-state index is 13.7. The highest BCUT2D eigenvalue weighted by molar-refractivity contribution is 7.98. The first kappa shape index (κ1) is 16.3. The number of carboxylic acid groups (broad SMARTS) is 1. The molecule has 20 heavy (non-hydrogen) atoms. The summed E-state index contributed by atoms with van der Waals surface area (Å²) in [4.78, 5) is 21.8. The van der Waals surface area contributed by atoms with E-state index < -0.39 is 23.7 Å². The number of ether oxygens (including phenoxy) is 1. The SMILES string of the molecule is COc1ccc(CSCC(NC(C)=O)C(=O)O)c(F)c1. The van der Waals surface area contributed by atoms with Crippen molar-refractivity contribution in [2.75, 3.05) is 12.9 Å². The molecule has 0 fully saturated rings. The number of rotatable bonds is 7. The molecule has 0 saturated carbocycles. The lowest BCUT2D eigenvalue weighted by atomic mass is 10.2. The lowest BCUT2D eigenvalue weighted by Gasteiger charge is -2.13. The smallest absolute Gasteiger partial charge is 0.327 e. The molecule has 0 aliphatic carbocycles. The molecule has 5 nitrogen and oxygen atoms in total. The summed E-state index contributed by atoms with van der Waals surface area (Å²) < 4.78 is 18.5. The number of benzene rings is 1. The molecule has 2 N–H and O–H groups in total. The fourth-order valence-electron chi connectivity index (χ4n) is 1.48. The van der Waals surface area contributed by atoms with E-state index in [4.69, 9.17) is 9.84 Å². The third-order valence-electron chi connectivity index (χ3n) is 2.48. The van der Waals surface area contributed by atoms with Gasteiger partial charge in [-0.15, -0.1) is 0 Å². The summed E-state index contributed by atoms with van der Waals surface area (Å²) in [7, 11) is 1.45. The van der Waals surface area contributed by atoms with Crippen molar-refractivity contribution in [2.45, 2.75) is 18.7 Å². The standard InChI is InChI=1S/C13H16FNO4S/c1-8(16)15-12(13(17)18)7-20-6-9-3-4-10(19-2)5-11(9)14/h3-5,12H,6-7H2,1-2H3,(H,15,16)(H,17,18). The van der Waals surface area contributed by atoms with Crippen LogP contribution >= 0.6 is 11.8 Å². The van der Waals surface area contributed by atoms with Crippen LogP contribution in [0.1, 0.15) is 12.5 Å². The summed E-state index contributed by atoms with van der Waals surface area (Å²) in [5.74, 6) is -1.00. The number of hydrogen-bond donors (Lipinski definition) is 2. The van der Waals surface area contributed by atoms with Crippen molar-refractivity contribution >= 4 is 23.6 Å². The van der Waals surface area contributed by atoms with Gasteiger partial charge in [-0.2, -0.15) is 11.8 Å². The summed E-state index contributed by atoms with van der Waals surface area (Å²) in [6, 6.07) is 3.54. The average molecular weight is 301 g/mol. The van der Waals surface area contributed by atoms with Crippen molar-refractivity contribution in [1.82, 2.24) is 5.32 Å². The molecule has 1 aromatic rings. The molecule has 0 aliphatic rings. The van der Waals surface area contributed by atoms with Gasteiger partial charge in [0.15, 0.2) is 0 Å². The predicted octanol–water partition coefficient (Wildman–Crippen LogP) is 1.66. The highest BCUT2D eigenvalue weighted by atomic mass is 32.2. The van der Waals surface area contributed by atoms with E-state index in [9.17, 15) is 14.0 Å². The Hall–Kier alpha value is -1.76. The molecule has 0 spiro atoms. The maximum Gasteiger partial charge on any atom is 0.327 e. The van der Waals surface area contributed by atoms with Gasteiger partial charge in [0, 0.05) is 24.5 Å². The average Bonchev–Trinajstić information content (AvgIpc) is 2.38. The van der Waals surface area contributed by atoms with Gasteiger partial charge in [-0.3, -0.25) is 4.79 Å². The number of amides is 1. The van der Waals surface area contributed by atoms with Crippen molar-refractivity contribution in [3.63, 3.8) is 0 Å². The molecule has 110 valence electrons. The quantitative estimate of drug-likeness (QED) is 0.801. The van der Waals surface area contributed by atoms with E-state index in [1.807, 2.05) is 0 Å². The zero-order valence-electron chi connectivity index (χ0n) is 11.2. The zero-order chi connectivity index (χ0) is 15.1. The lowest BCUT2D eigenvalue weighted by molar-refractivity contribution is -0.140. The minimum absolute atomic E-state index is 0.167. The van der Waals surface area contributed by atoms with E-state index in [1.165, 1.54) is 31.9 Å². The molecule has 0 aliphatic heterocycles. The predicted molar refractivity (Wildman–Crippen MR) is 74.4 cm³/mol. The molecular formula is C13H16FNO4S. The fourth-order valence-corrected chi connectivity index (χ4v) is 2.51. The van der Waals surface area contributed by atoms with Crippen LogP contribution < -0.4 is 10.1 Å². The molecule has 1 unspecified atom stereocenters. The summed E-state index contributed by atoms with van der Waals surface area (Å²) >= 11 is 1.24. The van der Waals surface area contributed by atoms with Gasteiger partial charge in [-0.25, -0.2) is 9.18 Å². The highest BCUT2D eigenvalue weighted by Gasteiger charge is 2.18. The Morgan fingerprint density at radius 1 is 1.50 bits per heavy atom. The Balaban J connectivity index is 2.54. The van der Waals surface area contributed by atoms with Crippen LogP contribution in [0.3, 0.4) is 0 Å². The van der Waals surface area contributed by atoms with Gasteiger partial charge in [0.05, 0.1) is 7.11 Å². The van der Waals surface area contributed by atoms with Crippen LogP contribution in [0.15, 0.2) is 18.2 Å². The van der Waals surface area contributed by atoms with Crippen molar-refractivity contribution in [1.29, 1.82) is 0 Å². The van der Waals surface area contributed by atoms with Gasteiger partial charge in [0.2, 0.25) is 5.91 Å². The van der Waals surface area contributed by atoms with Gasteiger partial charge in [0.1, 0.15) is 17.6 Å². The molecule has 1 atom stereocenters. The second-order valence-electron chi connectivity index (χ2n) is 4.06. The second kappa shape index (κ2) is 7.74. The molecule has 1 amide bonds. The van der Waals surface area contributed by atoms with Crippen LogP contribution in [0.25, 0.3) is 0 Å². The van der Waals surface area contributed by atoms with Crippen LogP contribution in [0, 0.1) is 5.82 Å². The van der Waals surface area contributed by atoms with Crippen LogP contribution in [-0.2, 0) is 15.3 Å². The van der Waals surface area contributed by atoms with Crippen molar-refractivity contribution < 1.29 is 23.8 Å². The number of thioether (sulfide) groups is 1. The first-order chi connectivity index (χ1) is 9.43. The largest absolute Gasteiger partial charge is 0.497 e. The van der Waals surface area contributed by atoms with Gasteiger partial charge in [-0.05, 0) is 11.6 Å². The Kier molecular flexibility index (Phi) is 6.30. The Bertz CT molecular complexity index is 495. The number of methoxy groups -OCH3 is 1. The number of aliphatic carboxylic acids is 1. The Morgan fingerprint density at radius 3 is 2.70 bits per heavy atom. The van der Waals surface area contributed by atoms with Crippen molar-refractivity contribution in [3.05, 3.63) is 29.6 Å². The van der Waals surface area contributed by atoms with Gasteiger partial charge in [-0.1, -0.05) is 6.07 Å². The molecule has 0 radical (unpaired) electrons. The molecule has 7 heteroatoms. The van der Waals surface area contributed by atoms with E-state index in [-0.39, 0.29) is 5.75 Å². The van der Waals surface area contributed by atoms with E-state index in [1.54, 1.807) is 12.1 Å². The van der Waals surface area contributed by atoms with Crippen LogP contribution in [0.4, 0.5) is 4.39 Å². The highest BCUT2D eigenvalue weighted by Crippen LogP contribution is 2.21. The van der Waals surface area contributed by atoms with Crippen molar-refractivity contribution in [3.8, 4) is 5.75 Å². The molecule has 0 heterocycles. The summed E-state index contributed by atoms with van der Waals surface area (Å²) in [5, 5.41) is 11.2. The third-order valence-corrected chi connectivity index (χ3v) is 3.56. The Morgan fingerprint density at radius 2 is 2.20 bits per heavy atom. The molecule has 1 aromatic carbocycles. The van der Waals surface area contributed by atoms with E-state index in [0.717, 1.165) is 0 Å². The fraction of sp³-hybridized carbons (Fsp3) is 0.385. The monoisotopic (exact) mass is 301 g/mol. The molecule has 0 aromatic heterocycles. The van der Waals surface area contributed by atoms with Gasteiger partial charge >= 0.3 is 5.97 Å². The summed E-state index contributed by atoms with van der Waals surface area (Å²) in [6.07, 6.45) is 0.